The highest BCUT2D eigenvalue weighted by atomic mass is 16.5. The van der Waals surface area contributed by atoms with Crippen molar-refractivity contribution in [2.75, 3.05) is 0 Å². The summed E-state index contributed by atoms with van der Waals surface area (Å²) in [5, 5.41) is 0. The third-order valence-electron chi connectivity index (χ3n) is 2.24. The van der Waals surface area contributed by atoms with Crippen molar-refractivity contribution in [1.29, 1.82) is 0 Å². The van der Waals surface area contributed by atoms with Gasteiger partial charge >= 0.3 is 0 Å². The fourth-order valence-electron chi connectivity index (χ4n) is 1.56. The molecule has 0 aromatic carbocycles. The molecule has 84 valence electrons. The van der Waals surface area contributed by atoms with E-state index in [0.29, 0.717) is 12.4 Å². The van der Waals surface area contributed by atoms with E-state index < -0.39 is 0 Å². The molecule has 0 saturated carbocycles. The SMILES string of the molecule is CCCC(C)Oc1cc(CN)cc(C)n1. The lowest BCUT2D eigenvalue weighted by molar-refractivity contribution is 0.201. The smallest absolute Gasteiger partial charge is 0.214 e. The number of nitrogens with two attached hydrogens (primary N) is 1. The van der Waals surface area contributed by atoms with Crippen LogP contribution in [0.15, 0.2) is 12.1 Å². The number of hydrogen-bond acceptors (Lipinski definition) is 3. The molecule has 1 aromatic rings. The highest BCUT2D eigenvalue weighted by Gasteiger charge is 2.05. The first-order chi connectivity index (χ1) is 7.15. The summed E-state index contributed by atoms with van der Waals surface area (Å²) < 4.78 is 5.71. The van der Waals surface area contributed by atoms with E-state index in [2.05, 4.69) is 18.8 Å². The second kappa shape index (κ2) is 5.71. The van der Waals surface area contributed by atoms with Gasteiger partial charge in [-0.15, -0.1) is 0 Å². The molecule has 0 amide bonds. The molecule has 0 spiro atoms. The van der Waals surface area contributed by atoms with Gasteiger partial charge in [0.2, 0.25) is 5.88 Å². The summed E-state index contributed by atoms with van der Waals surface area (Å²) in [4.78, 5) is 4.33. The number of ether oxygens (including phenoxy) is 1. The van der Waals surface area contributed by atoms with Gasteiger partial charge in [0, 0.05) is 18.3 Å². The number of aromatic nitrogens is 1. The molecule has 3 nitrogen and oxygen atoms in total. The Morgan fingerprint density at radius 2 is 2.20 bits per heavy atom. The van der Waals surface area contributed by atoms with E-state index in [1.54, 1.807) is 0 Å². The Hall–Kier alpha value is -1.09. The first-order valence-electron chi connectivity index (χ1n) is 5.50. The predicted molar refractivity (Wildman–Crippen MR) is 61.9 cm³/mol. The molecular formula is C12H20N2O. The van der Waals surface area contributed by atoms with Crippen LogP contribution in [0.1, 0.15) is 37.9 Å². The van der Waals surface area contributed by atoms with Gasteiger partial charge in [-0.05, 0) is 31.9 Å². The minimum Gasteiger partial charge on any atom is -0.475 e. The Kier molecular flexibility index (Phi) is 4.56. The highest BCUT2D eigenvalue weighted by Crippen LogP contribution is 2.14. The summed E-state index contributed by atoms with van der Waals surface area (Å²) in [6.07, 6.45) is 2.39. The van der Waals surface area contributed by atoms with Gasteiger partial charge in [-0.3, -0.25) is 0 Å². The summed E-state index contributed by atoms with van der Waals surface area (Å²) >= 11 is 0. The lowest BCUT2D eigenvalue weighted by Gasteiger charge is -2.13. The van der Waals surface area contributed by atoms with Crippen molar-refractivity contribution in [3.05, 3.63) is 23.4 Å². The zero-order chi connectivity index (χ0) is 11.3. The van der Waals surface area contributed by atoms with Crippen LogP contribution < -0.4 is 10.5 Å². The maximum absolute atomic E-state index is 5.71. The zero-order valence-electron chi connectivity index (χ0n) is 9.79. The molecular weight excluding hydrogens is 188 g/mol. The van der Waals surface area contributed by atoms with Crippen molar-refractivity contribution in [2.24, 2.45) is 5.73 Å². The molecule has 0 bridgehead atoms. The molecule has 0 aliphatic heterocycles. The molecule has 2 N–H and O–H groups in total. The number of nitrogens with zero attached hydrogens (tertiary/aromatic N) is 1. The highest BCUT2D eigenvalue weighted by molar-refractivity contribution is 5.24. The van der Waals surface area contributed by atoms with Gasteiger partial charge in [0.15, 0.2) is 0 Å². The second-order valence-corrected chi connectivity index (χ2v) is 3.88. The molecule has 1 heterocycles. The molecule has 0 aliphatic rings. The Bertz CT molecular complexity index is 312. The summed E-state index contributed by atoms with van der Waals surface area (Å²) in [5.74, 6) is 0.691. The Balaban J connectivity index is 2.71. The Labute approximate surface area is 91.7 Å². The summed E-state index contributed by atoms with van der Waals surface area (Å²) in [6.45, 7) is 6.70. The molecule has 1 unspecified atom stereocenters. The minimum absolute atomic E-state index is 0.218. The van der Waals surface area contributed by atoms with Gasteiger partial charge in [-0.25, -0.2) is 4.98 Å². The molecule has 1 rings (SSSR count). The van der Waals surface area contributed by atoms with Crippen LogP contribution in [0, 0.1) is 6.92 Å². The third-order valence-corrected chi connectivity index (χ3v) is 2.24. The van der Waals surface area contributed by atoms with E-state index in [9.17, 15) is 0 Å². The maximum Gasteiger partial charge on any atom is 0.214 e. The topological polar surface area (TPSA) is 48.1 Å². The van der Waals surface area contributed by atoms with Crippen molar-refractivity contribution in [2.45, 2.75) is 46.3 Å². The lowest BCUT2D eigenvalue weighted by atomic mass is 10.2. The lowest BCUT2D eigenvalue weighted by Crippen LogP contribution is -2.12. The Morgan fingerprint density at radius 3 is 2.80 bits per heavy atom. The quantitative estimate of drug-likeness (QED) is 0.808. The fourth-order valence-corrected chi connectivity index (χ4v) is 1.56. The molecule has 1 aromatic heterocycles. The average molecular weight is 208 g/mol. The van der Waals surface area contributed by atoms with Crippen LogP contribution in [0.25, 0.3) is 0 Å². The monoisotopic (exact) mass is 208 g/mol. The summed E-state index contributed by atoms with van der Waals surface area (Å²) in [7, 11) is 0. The molecule has 0 aliphatic carbocycles. The van der Waals surface area contributed by atoms with Crippen LogP contribution >= 0.6 is 0 Å². The molecule has 0 saturated heterocycles. The molecule has 1 atom stereocenters. The number of hydrogen-bond donors (Lipinski definition) is 1. The van der Waals surface area contributed by atoms with Crippen LogP contribution in [0.3, 0.4) is 0 Å². The normalized spacial score (nSPS) is 12.5. The molecule has 0 radical (unpaired) electrons. The molecule has 3 heteroatoms. The predicted octanol–water partition coefficient (Wildman–Crippen LogP) is 2.42. The second-order valence-electron chi connectivity index (χ2n) is 3.88. The first-order valence-corrected chi connectivity index (χ1v) is 5.50. The van der Waals surface area contributed by atoms with Crippen LogP contribution in [-0.2, 0) is 6.54 Å². The van der Waals surface area contributed by atoms with Crippen LogP contribution in [0.2, 0.25) is 0 Å². The van der Waals surface area contributed by atoms with Crippen LogP contribution in [0.5, 0.6) is 5.88 Å². The van der Waals surface area contributed by atoms with Gasteiger partial charge in [-0.1, -0.05) is 13.3 Å². The van der Waals surface area contributed by atoms with Gasteiger partial charge in [0.1, 0.15) is 0 Å². The largest absolute Gasteiger partial charge is 0.475 e. The number of pyridine rings is 1. The van der Waals surface area contributed by atoms with E-state index in [1.165, 1.54) is 0 Å². The van der Waals surface area contributed by atoms with Crippen molar-refractivity contribution < 1.29 is 4.74 Å². The molecule has 0 fully saturated rings. The first kappa shape index (κ1) is 12.0. The average Bonchev–Trinajstić information content (AvgIpc) is 2.17. The van der Waals surface area contributed by atoms with Gasteiger partial charge in [-0.2, -0.15) is 0 Å². The van der Waals surface area contributed by atoms with Gasteiger partial charge < -0.3 is 10.5 Å². The number of rotatable bonds is 5. The van der Waals surface area contributed by atoms with Crippen molar-refractivity contribution >= 4 is 0 Å². The van der Waals surface area contributed by atoms with Crippen LogP contribution in [0.4, 0.5) is 0 Å². The summed E-state index contributed by atoms with van der Waals surface area (Å²) in [5.41, 5.74) is 7.62. The summed E-state index contributed by atoms with van der Waals surface area (Å²) in [6, 6.07) is 3.90. The van der Waals surface area contributed by atoms with Crippen molar-refractivity contribution in [3.8, 4) is 5.88 Å². The van der Waals surface area contributed by atoms with E-state index in [1.807, 2.05) is 19.1 Å². The maximum atomic E-state index is 5.71. The van der Waals surface area contributed by atoms with Crippen molar-refractivity contribution in [1.82, 2.24) is 4.98 Å². The minimum atomic E-state index is 0.218. The van der Waals surface area contributed by atoms with E-state index in [4.69, 9.17) is 10.5 Å². The zero-order valence-corrected chi connectivity index (χ0v) is 9.79. The Morgan fingerprint density at radius 1 is 1.47 bits per heavy atom. The van der Waals surface area contributed by atoms with E-state index in [0.717, 1.165) is 24.1 Å². The van der Waals surface area contributed by atoms with Gasteiger partial charge in [0.25, 0.3) is 0 Å². The van der Waals surface area contributed by atoms with E-state index >= 15 is 0 Å². The van der Waals surface area contributed by atoms with Crippen molar-refractivity contribution in [3.63, 3.8) is 0 Å². The van der Waals surface area contributed by atoms with Gasteiger partial charge in [0.05, 0.1) is 6.10 Å². The third kappa shape index (κ3) is 3.88. The standard InChI is InChI=1S/C12H20N2O/c1-4-5-10(3)15-12-7-11(8-13)6-9(2)14-12/h6-7,10H,4-5,8,13H2,1-3H3. The fraction of sp³-hybridized carbons (Fsp3) is 0.583. The number of aryl methyl sites for hydroxylation is 1. The van der Waals surface area contributed by atoms with Crippen LogP contribution in [-0.4, -0.2) is 11.1 Å². The molecule has 15 heavy (non-hydrogen) atoms. The van der Waals surface area contributed by atoms with E-state index in [-0.39, 0.29) is 6.10 Å².